The van der Waals surface area contributed by atoms with Gasteiger partial charge in [0.05, 0.1) is 31.1 Å². The highest BCUT2D eigenvalue weighted by molar-refractivity contribution is 7.89. The Morgan fingerprint density at radius 1 is 1.11 bits per heavy atom. The van der Waals surface area contributed by atoms with E-state index >= 15 is 0 Å². The first-order valence-corrected chi connectivity index (χ1v) is 11.6. The summed E-state index contributed by atoms with van der Waals surface area (Å²) in [6.07, 6.45) is 3.25. The molecule has 28 heavy (non-hydrogen) atoms. The Hall–Kier alpha value is -1.51. The van der Waals surface area contributed by atoms with Crippen molar-refractivity contribution in [3.63, 3.8) is 0 Å². The van der Waals surface area contributed by atoms with Gasteiger partial charge in [0.2, 0.25) is 10.0 Å². The third-order valence-corrected chi connectivity index (χ3v) is 8.16. The van der Waals surface area contributed by atoms with Crippen LogP contribution in [-0.4, -0.2) is 67.8 Å². The zero-order valence-electron chi connectivity index (χ0n) is 16.9. The smallest absolute Gasteiger partial charge is 0.281 e. The molecule has 0 aliphatic carbocycles. The molecule has 2 aliphatic rings. The van der Waals surface area contributed by atoms with Crippen LogP contribution < -0.4 is 4.90 Å². The summed E-state index contributed by atoms with van der Waals surface area (Å²) in [5.74, 6) is -0.286. The molecule has 2 saturated heterocycles. The largest absolute Gasteiger partial charge is 0.332 e. The molecule has 2 aliphatic heterocycles. The van der Waals surface area contributed by atoms with Crippen LogP contribution in [0.5, 0.6) is 0 Å². The van der Waals surface area contributed by atoms with E-state index in [0.717, 1.165) is 36.3 Å². The van der Waals surface area contributed by atoms with Crippen molar-refractivity contribution in [2.75, 3.05) is 26.2 Å². The highest BCUT2D eigenvalue weighted by Gasteiger charge is 2.39. The maximum absolute atomic E-state index is 13.1. The molecular weight excluding hydrogens is 381 g/mol. The Labute approximate surface area is 167 Å². The highest BCUT2D eigenvalue weighted by atomic mass is 32.2. The summed E-state index contributed by atoms with van der Waals surface area (Å²) < 4.78 is 40.1. The third-order valence-electron chi connectivity index (χ3n) is 6.25. The number of benzene rings is 1. The van der Waals surface area contributed by atoms with Crippen LogP contribution in [0.25, 0.3) is 0 Å². The van der Waals surface area contributed by atoms with E-state index < -0.39 is 15.8 Å². The number of amides is 1. The molecule has 1 aromatic rings. The van der Waals surface area contributed by atoms with Crippen molar-refractivity contribution >= 4 is 15.9 Å². The minimum absolute atomic E-state index is 0.109. The average molecular weight is 413 g/mol. The van der Waals surface area contributed by atoms with E-state index in [9.17, 15) is 17.6 Å². The lowest BCUT2D eigenvalue weighted by atomic mass is 9.96. The standard InChI is InChI=1S/C20H30FN3O3S/c1-15-5-4-6-16(2)24(15)20(25)17(3)22-11-13-23(14-12-22)28(26,27)19-9-7-18(21)8-10-19/h7-10,15-17H,4-6,11-14H2,1-3H3/p+1/t15-,16-,17+/m0/s1. The van der Waals surface area contributed by atoms with Gasteiger partial charge in [-0.2, -0.15) is 4.31 Å². The van der Waals surface area contributed by atoms with Gasteiger partial charge in [0.1, 0.15) is 5.82 Å². The second kappa shape index (κ2) is 8.47. The van der Waals surface area contributed by atoms with Crippen molar-refractivity contribution in [2.24, 2.45) is 0 Å². The number of halogens is 1. The third kappa shape index (κ3) is 4.23. The number of rotatable bonds is 4. The van der Waals surface area contributed by atoms with Gasteiger partial charge in [-0.3, -0.25) is 4.79 Å². The highest BCUT2D eigenvalue weighted by Crippen LogP contribution is 2.23. The van der Waals surface area contributed by atoms with Gasteiger partial charge in [0.25, 0.3) is 5.91 Å². The molecule has 0 bridgehead atoms. The fourth-order valence-electron chi connectivity index (χ4n) is 4.46. The Kier molecular flexibility index (Phi) is 6.41. The number of nitrogens with one attached hydrogen (secondary N) is 1. The summed E-state index contributed by atoms with van der Waals surface area (Å²) in [4.78, 5) is 16.4. The molecule has 3 atom stereocenters. The number of carbonyl (C=O) groups excluding carboxylic acids is 1. The van der Waals surface area contributed by atoms with E-state index in [1.807, 2.05) is 11.8 Å². The van der Waals surface area contributed by atoms with Crippen LogP contribution in [0.15, 0.2) is 29.2 Å². The molecule has 2 fully saturated rings. The Morgan fingerprint density at radius 3 is 2.18 bits per heavy atom. The number of piperazine rings is 1. The summed E-state index contributed by atoms with van der Waals surface area (Å²) in [6, 6.07) is 5.27. The molecule has 8 heteroatoms. The van der Waals surface area contributed by atoms with Gasteiger partial charge in [-0.05, 0) is 64.3 Å². The number of carbonyl (C=O) groups is 1. The van der Waals surface area contributed by atoms with Gasteiger partial charge < -0.3 is 9.80 Å². The monoisotopic (exact) mass is 412 g/mol. The van der Waals surface area contributed by atoms with Gasteiger partial charge in [-0.15, -0.1) is 0 Å². The predicted molar refractivity (Wildman–Crippen MR) is 105 cm³/mol. The van der Waals surface area contributed by atoms with E-state index in [4.69, 9.17) is 0 Å². The van der Waals surface area contributed by atoms with E-state index in [1.165, 1.54) is 16.4 Å². The average Bonchev–Trinajstić information content (AvgIpc) is 2.67. The van der Waals surface area contributed by atoms with Crippen molar-refractivity contribution < 1.29 is 22.5 Å². The summed E-state index contributed by atoms with van der Waals surface area (Å²) >= 11 is 0. The van der Waals surface area contributed by atoms with Gasteiger partial charge in [0.15, 0.2) is 6.04 Å². The molecule has 6 nitrogen and oxygen atoms in total. The van der Waals surface area contributed by atoms with Crippen LogP contribution in [0.1, 0.15) is 40.0 Å². The number of likely N-dealkylation sites (tertiary alicyclic amines) is 1. The van der Waals surface area contributed by atoms with Crippen molar-refractivity contribution in [3.05, 3.63) is 30.1 Å². The lowest BCUT2D eigenvalue weighted by Crippen LogP contribution is -3.19. The molecule has 0 unspecified atom stereocenters. The quantitative estimate of drug-likeness (QED) is 0.799. The SMILES string of the molecule is C[C@H](C(=O)N1[C@@H](C)CCC[C@@H]1C)[NH+]1CCN(S(=O)(=O)c2ccc(F)cc2)CC1. The fourth-order valence-corrected chi connectivity index (χ4v) is 5.90. The Balaban J connectivity index is 1.63. The second-order valence-corrected chi connectivity index (χ2v) is 10.1. The van der Waals surface area contributed by atoms with Crippen LogP contribution in [-0.2, 0) is 14.8 Å². The minimum atomic E-state index is -3.63. The molecular formula is C20H31FN3O3S+. The zero-order chi connectivity index (χ0) is 20.5. The van der Waals surface area contributed by atoms with Gasteiger partial charge in [0, 0.05) is 12.1 Å². The normalized spacial score (nSPS) is 26.2. The van der Waals surface area contributed by atoms with Crippen LogP contribution in [0, 0.1) is 5.82 Å². The summed E-state index contributed by atoms with van der Waals surface area (Å²) in [7, 11) is -3.63. The molecule has 0 aromatic heterocycles. The first-order valence-electron chi connectivity index (χ1n) is 10.1. The van der Waals surface area contributed by atoms with Crippen molar-refractivity contribution in [1.29, 1.82) is 0 Å². The van der Waals surface area contributed by atoms with Crippen LogP contribution >= 0.6 is 0 Å². The topological polar surface area (TPSA) is 62.1 Å². The van der Waals surface area contributed by atoms with Gasteiger partial charge in [-0.25, -0.2) is 12.8 Å². The minimum Gasteiger partial charge on any atom is -0.332 e. The number of piperidine rings is 1. The number of hydrogen-bond donors (Lipinski definition) is 1. The molecule has 1 N–H and O–H groups in total. The summed E-state index contributed by atoms with van der Waals surface area (Å²) in [5, 5.41) is 0. The van der Waals surface area contributed by atoms with Crippen molar-refractivity contribution in [2.45, 2.75) is 63.1 Å². The molecule has 3 rings (SSSR count). The van der Waals surface area contributed by atoms with Crippen molar-refractivity contribution in [1.82, 2.24) is 9.21 Å². The number of quaternary nitrogens is 1. The molecule has 0 saturated carbocycles. The number of nitrogens with zero attached hydrogens (tertiary/aromatic N) is 2. The Bertz CT molecular complexity index is 781. The predicted octanol–water partition coefficient (Wildman–Crippen LogP) is 0.893. The molecule has 156 valence electrons. The van der Waals surface area contributed by atoms with Gasteiger partial charge in [-0.1, -0.05) is 0 Å². The molecule has 1 amide bonds. The molecule has 0 spiro atoms. The molecule has 0 radical (unpaired) electrons. The maximum Gasteiger partial charge on any atom is 0.281 e. The first kappa shape index (κ1) is 21.2. The van der Waals surface area contributed by atoms with Crippen LogP contribution in [0.3, 0.4) is 0 Å². The van der Waals surface area contributed by atoms with Gasteiger partial charge >= 0.3 is 0 Å². The summed E-state index contributed by atoms with van der Waals surface area (Å²) in [5.41, 5.74) is 0. The van der Waals surface area contributed by atoms with E-state index in [-0.39, 0.29) is 28.9 Å². The maximum atomic E-state index is 13.1. The zero-order valence-corrected chi connectivity index (χ0v) is 17.7. The number of sulfonamides is 1. The first-order chi connectivity index (χ1) is 13.2. The Morgan fingerprint density at radius 2 is 1.64 bits per heavy atom. The molecule has 2 heterocycles. The van der Waals surface area contributed by atoms with E-state index in [0.29, 0.717) is 26.2 Å². The lowest BCUT2D eigenvalue weighted by Gasteiger charge is -2.42. The van der Waals surface area contributed by atoms with E-state index in [1.54, 1.807) is 0 Å². The lowest BCUT2D eigenvalue weighted by molar-refractivity contribution is -0.918. The fraction of sp³-hybridized carbons (Fsp3) is 0.650. The van der Waals surface area contributed by atoms with Crippen molar-refractivity contribution in [3.8, 4) is 0 Å². The van der Waals surface area contributed by atoms with Crippen LogP contribution in [0.2, 0.25) is 0 Å². The summed E-state index contributed by atoms with van der Waals surface area (Å²) in [6.45, 7) is 8.07. The second-order valence-electron chi connectivity index (χ2n) is 8.11. The van der Waals surface area contributed by atoms with E-state index in [2.05, 4.69) is 13.8 Å². The van der Waals surface area contributed by atoms with Crippen LogP contribution in [0.4, 0.5) is 4.39 Å². The molecule has 1 aromatic carbocycles. The number of hydrogen-bond acceptors (Lipinski definition) is 3.